The van der Waals surface area contributed by atoms with Gasteiger partial charge in [-0.15, -0.1) is 0 Å². The maximum atomic E-state index is 11.6. The van der Waals surface area contributed by atoms with E-state index in [4.69, 9.17) is 4.74 Å². The Kier molecular flexibility index (Phi) is 5.91. The van der Waals surface area contributed by atoms with E-state index in [0.29, 0.717) is 32.1 Å². The minimum absolute atomic E-state index is 0.188. The van der Waals surface area contributed by atoms with Crippen molar-refractivity contribution in [2.24, 2.45) is 0 Å². The molecule has 1 rings (SSSR count). The van der Waals surface area contributed by atoms with Gasteiger partial charge < -0.3 is 4.74 Å². The Labute approximate surface area is 103 Å². The van der Waals surface area contributed by atoms with Gasteiger partial charge in [-0.2, -0.15) is 5.10 Å². The highest BCUT2D eigenvalue weighted by Crippen LogP contribution is 2.09. The summed E-state index contributed by atoms with van der Waals surface area (Å²) in [5.74, 6) is 0.188. The first-order valence-corrected chi connectivity index (χ1v) is 6.30. The summed E-state index contributed by atoms with van der Waals surface area (Å²) in [6, 6.07) is 2.31. The number of hydrogen-bond acceptors (Lipinski definition) is 3. The number of carbonyl (C=O) groups excluding carboxylic acids is 1. The number of aromatic nitrogens is 2. The van der Waals surface area contributed by atoms with E-state index < -0.39 is 0 Å². The predicted molar refractivity (Wildman–Crippen MR) is 67.1 cm³/mol. The zero-order valence-electron chi connectivity index (χ0n) is 11.0. The molecule has 0 aliphatic rings. The summed E-state index contributed by atoms with van der Waals surface area (Å²) in [5, 5.41) is 4.40. The standard InChI is InChI=1S/C13H22N2O2/c1-4-11(3)15-8-6-12(14-15)10-13(16)7-9-17-5-2/h6,8,11H,4-5,7,9-10H2,1-3H3. The number of ketones is 1. The molecule has 0 bridgehead atoms. The molecule has 4 heteroatoms. The summed E-state index contributed by atoms with van der Waals surface area (Å²) < 4.78 is 7.08. The highest BCUT2D eigenvalue weighted by molar-refractivity contribution is 5.80. The first-order valence-electron chi connectivity index (χ1n) is 6.30. The van der Waals surface area contributed by atoms with Crippen LogP contribution in [0.2, 0.25) is 0 Å². The Morgan fingerprint density at radius 2 is 2.29 bits per heavy atom. The summed E-state index contributed by atoms with van der Waals surface area (Å²) in [6.07, 6.45) is 3.87. The lowest BCUT2D eigenvalue weighted by Crippen LogP contribution is -2.09. The molecular formula is C13H22N2O2. The Balaban J connectivity index is 2.40. The minimum Gasteiger partial charge on any atom is -0.381 e. The molecule has 0 fully saturated rings. The number of rotatable bonds is 8. The third-order valence-electron chi connectivity index (χ3n) is 2.81. The SMILES string of the molecule is CCOCCC(=O)Cc1ccn(C(C)CC)n1. The number of hydrogen-bond donors (Lipinski definition) is 0. The third-order valence-corrected chi connectivity index (χ3v) is 2.81. The topological polar surface area (TPSA) is 44.1 Å². The van der Waals surface area contributed by atoms with Gasteiger partial charge in [-0.1, -0.05) is 6.92 Å². The third kappa shape index (κ3) is 4.69. The molecule has 0 N–H and O–H groups in total. The maximum absolute atomic E-state index is 11.6. The maximum Gasteiger partial charge on any atom is 0.141 e. The van der Waals surface area contributed by atoms with Crippen molar-refractivity contribution in [3.63, 3.8) is 0 Å². The lowest BCUT2D eigenvalue weighted by atomic mass is 10.2. The molecule has 0 saturated heterocycles. The van der Waals surface area contributed by atoms with Crippen LogP contribution < -0.4 is 0 Å². The largest absolute Gasteiger partial charge is 0.381 e. The van der Waals surface area contributed by atoms with E-state index in [0.717, 1.165) is 12.1 Å². The molecular weight excluding hydrogens is 216 g/mol. The van der Waals surface area contributed by atoms with Gasteiger partial charge in [0.25, 0.3) is 0 Å². The molecule has 0 aromatic carbocycles. The van der Waals surface area contributed by atoms with Crippen molar-refractivity contribution in [3.05, 3.63) is 18.0 Å². The fourth-order valence-corrected chi connectivity index (χ4v) is 1.52. The molecule has 17 heavy (non-hydrogen) atoms. The van der Waals surface area contributed by atoms with Crippen LogP contribution in [-0.2, 0) is 16.0 Å². The second-order valence-electron chi connectivity index (χ2n) is 4.21. The van der Waals surface area contributed by atoms with Crippen molar-refractivity contribution in [2.45, 2.75) is 46.1 Å². The lowest BCUT2D eigenvalue weighted by molar-refractivity contribution is -0.119. The molecule has 0 amide bonds. The van der Waals surface area contributed by atoms with Gasteiger partial charge in [0.05, 0.1) is 18.7 Å². The van der Waals surface area contributed by atoms with Crippen LogP contribution >= 0.6 is 0 Å². The van der Waals surface area contributed by atoms with Gasteiger partial charge in [0.2, 0.25) is 0 Å². The van der Waals surface area contributed by atoms with Crippen molar-refractivity contribution in [1.82, 2.24) is 9.78 Å². The summed E-state index contributed by atoms with van der Waals surface area (Å²) in [4.78, 5) is 11.6. The van der Waals surface area contributed by atoms with Crippen LogP contribution in [0.15, 0.2) is 12.3 Å². The molecule has 1 aromatic rings. The Morgan fingerprint density at radius 3 is 2.94 bits per heavy atom. The zero-order chi connectivity index (χ0) is 12.7. The van der Waals surface area contributed by atoms with Crippen molar-refractivity contribution in [2.75, 3.05) is 13.2 Å². The van der Waals surface area contributed by atoms with Gasteiger partial charge in [-0.3, -0.25) is 9.48 Å². The van der Waals surface area contributed by atoms with E-state index >= 15 is 0 Å². The van der Waals surface area contributed by atoms with Crippen molar-refractivity contribution >= 4 is 5.78 Å². The quantitative estimate of drug-likeness (QED) is 0.653. The molecule has 0 aliphatic heterocycles. The van der Waals surface area contributed by atoms with E-state index in [1.807, 2.05) is 23.9 Å². The van der Waals surface area contributed by atoms with Gasteiger partial charge >= 0.3 is 0 Å². The Bertz CT molecular complexity index is 347. The highest BCUT2D eigenvalue weighted by Gasteiger charge is 2.08. The van der Waals surface area contributed by atoms with E-state index in [9.17, 15) is 4.79 Å². The smallest absolute Gasteiger partial charge is 0.141 e. The van der Waals surface area contributed by atoms with Crippen molar-refractivity contribution in [1.29, 1.82) is 0 Å². The first kappa shape index (κ1) is 13.9. The van der Waals surface area contributed by atoms with E-state index in [1.165, 1.54) is 0 Å². The molecule has 0 aliphatic carbocycles. The molecule has 1 heterocycles. The Hall–Kier alpha value is -1.16. The number of nitrogens with zero attached hydrogens (tertiary/aromatic N) is 2. The fourth-order valence-electron chi connectivity index (χ4n) is 1.52. The lowest BCUT2D eigenvalue weighted by Gasteiger charge is -2.08. The summed E-state index contributed by atoms with van der Waals surface area (Å²) in [6.45, 7) is 7.35. The second-order valence-corrected chi connectivity index (χ2v) is 4.21. The van der Waals surface area contributed by atoms with Gasteiger partial charge in [-0.05, 0) is 26.3 Å². The van der Waals surface area contributed by atoms with Crippen LogP contribution in [0, 0.1) is 0 Å². The minimum atomic E-state index is 0.188. The first-order chi connectivity index (χ1) is 8.17. The van der Waals surface area contributed by atoms with Gasteiger partial charge in [0, 0.05) is 25.3 Å². The van der Waals surface area contributed by atoms with Crippen LogP contribution in [0.25, 0.3) is 0 Å². The van der Waals surface area contributed by atoms with Crippen LogP contribution in [-0.4, -0.2) is 28.8 Å². The van der Waals surface area contributed by atoms with Crippen molar-refractivity contribution < 1.29 is 9.53 Å². The molecule has 4 nitrogen and oxygen atoms in total. The van der Waals surface area contributed by atoms with Gasteiger partial charge in [0.15, 0.2) is 0 Å². The molecule has 96 valence electrons. The predicted octanol–water partition coefficient (Wildman–Crippen LogP) is 2.39. The van der Waals surface area contributed by atoms with Crippen LogP contribution in [0.1, 0.15) is 45.3 Å². The van der Waals surface area contributed by atoms with E-state index in [2.05, 4.69) is 18.9 Å². The highest BCUT2D eigenvalue weighted by atomic mass is 16.5. The number of ether oxygens (including phenoxy) is 1. The number of carbonyl (C=O) groups is 1. The van der Waals surface area contributed by atoms with Gasteiger partial charge in [-0.25, -0.2) is 0 Å². The fraction of sp³-hybridized carbons (Fsp3) is 0.692. The summed E-state index contributed by atoms with van der Waals surface area (Å²) in [5.41, 5.74) is 0.854. The molecule has 1 aromatic heterocycles. The average Bonchev–Trinajstić information content (AvgIpc) is 2.77. The monoisotopic (exact) mass is 238 g/mol. The number of Topliss-reactive ketones (excluding diaryl/α,β-unsaturated/α-hetero) is 1. The normalized spacial score (nSPS) is 12.6. The van der Waals surface area contributed by atoms with Crippen molar-refractivity contribution in [3.8, 4) is 0 Å². The summed E-state index contributed by atoms with van der Waals surface area (Å²) in [7, 11) is 0. The molecule has 1 unspecified atom stereocenters. The molecule has 0 radical (unpaired) electrons. The van der Waals surface area contributed by atoms with Gasteiger partial charge in [0.1, 0.15) is 5.78 Å². The molecule has 0 saturated carbocycles. The van der Waals surface area contributed by atoms with E-state index in [-0.39, 0.29) is 5.78 Å². The zero-order valence-corrected chi connectivity index (χ0v) is 11.0. The molecule has 1 atom stereocenters. The van der Waals surface area contributed by atoms with Crippen LogP contribution in [0.4, 0.5) is 0 Å². The molecule has 0 spiro atoms. The van der Waals surface area contributed by atoms with Crippen LogP contribution in [0.3, 0.4) is 0 Å². The second kappa shape index (κ2) is 7.22. The van der Waals surface area contributed by atoms with E-state index in [1.54, 1.807) is 0 Å². The van der Waals surface area contributed by atoms with Crippen LogP contribution in [0.5, 0.6) is 0 Å². The average molecular weight is 238 g/mol. The Morgan fingerprint density at radius 1 is 1.53 bits per heavy atom. The summed E-state index contributed by atoms with van der Waals surface area (Å²) >= 11 is 0.